The van der Waals surface area contributed by atoms with E-state index in [1.807, 2.05) is 28.8 Å². The number of benzene rings is 1. The van der Waals surface area contributed by atoms with E-state index in [1.54, 1.807) is 0 Å². The summed E-state index contributed by atoms with van der Waals surface area (Å²) in [7, 11) is 0. The molecule has 23 heavy (non-hydrogen) atoms. The quantitative estimate of drug-likeness (QED) is 0.686. The molecular formula is C16H19N5O2. The first-order valence-electron chi connectivity index (χ1n) is 7.47. The molecule has 7 nitrogen and oxygen atoms in total. The minimum absolute atomic E-state index is 0.129. The Morgan fingerprint density at radius 2 is 2.09 bits per heavy atom. The number of hydrogen-bond acceptors (Lipinski definition) is 4. The predicted octanol–water partition coefficient (Wildman–Crippen LogP) is 2.59. The topological polar surface area (TPSA) is 106 Å². The molecule has 0 aliphatic heterocycles. The number of hydrogen-bond donors (Lipinski definition) is 3. The van der Waals surface area contributed by atoms with Crippen LogP contribution in [-0.2, 0) is 13.1 Å². The Morgan fingerprint density at radius 3 is 2.78 bits per heavy atom. The van der Waals surface area contributed by atoms with Gasteiger partial charge in [0.2, 0.25) is 0 Å². The number of amides is 1. The fraction of sp³-hybridized carbons (Fsp3) is 0.312. The van der Waals surface area contributed by atoms with Crippen molar-refractivity contribution in [1.82, 2.24) is 19.9 Å². The van der Waals surface area contributed by atoms with Crippen LogP contribution in [0.25, 0.3) is 21.9 Å². The Balaban J connectivity index is 2.29. The van der Waals surface area contributed by atoms with Gasteiger partial charge in [-0.3, -0.25) is 0 Å². The van der Waals surface area contributed by atoms with Crippen LogP contribution in [0, 0.1) is 5.92 Å². The fourth-order valence-corrected chi connectivity index (χ4v) is 2.76. The zero-order valence-electron chi connectivity index (χ0n) is 13.1. The normalized spacial score (nSPS) is 11.4. The molecule has 3 rings (SSSR count). The van der Waals surface area contributed by atoms with Crippen LogP contribution in [0.1, 0.15) is 19.7 Å². The molecule has 0 aliphatic rings. The molecule has 7 heteroatoms. The molecule has 120 valence electrons. The van der Waals surface area contributed by atoms with Crippen LogP contribution in [0.4, 0.5) is 10.6 Å². The van der Waals surface area contributed by atoms with E-state index in [0.717, 1.165) is 23.0 Å². The molecule has 0 saturated heterocycles. The third-order valence-corrected chi connectivity index (χ3v) is 3.63. The second-order valence-corrected chi connectivity index (χ2v) is 5.90. The van der Waals surface area contributed by atoms with E-state index in [-0.39, 0.29) is 6.54 Å². The van der Waals surface area contributed by atoms with Crippen LogP contribution < -0.4 is 11.1 Å². The van der Waals surface area contributed by atoms with Gasteiger partial charge >= 0.3 is 6.09 Å². The molecule has 0 radical (unpaired) electrons. The molecule has 1 amide bonds. The summed E-state index contributed by atoms with van der Waals surface area (Å²) in [4.78, 5) is 19.8. The highest BCUT2D eigenvalue weighted by molar-refractivity contribution is 6.06. The number of anilines is 1. The van der Waals surface area contributed by atoms with Crippen LogP contribution in [0.5, 0.6) is 0 Å². The predicted molar refractivity (Wildman–Crippen MR) is 89.1 cm³/mol. The van der Waals surface area contributed by atoms with Crippen LogP contribution in [0.15, 0.2) is 24.3 Å². The number of carbonyl (C=O) groups is 1. The molecule has 3 aromatic rings. The molecule has 0 bridgehead atoms. The number of pyridine rings is 1. The van der Waals surface area contributed by atoms with Gasteiger partial charge in [0.05, 0.1) is 17.6 Å². The number of nitrogens with zero attached hydrogens (tertiary/aromatic N) is 3. The van der Waals surface area contributed by atoms with Gasteiger partial charge in [-0.25, -0.2) is 14.8 Å². The molecule has 0 atom stereocenters. The van der Waals surface area contributed by atoms with Gasteiger partial charge in [0.25, 0.3) is 0 Å². The number of para-hydroxylation sites is 1. The minimum Gasteiger partial charge on any atom is -0.465 e. The smallest absolute Gasteiger partial charge is 0.405 e. The van der Waals surface area contributed by atoms with E-state index in [9.17, 15) is 4.79 Å². The molecule has 4 N–H and O–H groups in total. The first-order valence-corrected chi connectivity index (χ1v) is 7.47. The van der Waals surface area contributed by atoms with Gasteiger partial charge in [0.1, 0.15) is 11.3 Å². The Morgan fingerprint density at radius 1 is 1.35 bits per heavy atom. The van der Waals surface area contributed by atoms with Gasteiger partial charge in [-0.05, 0) is 12.0 Å². The van der Waals surface area contributed by atoms with E-state index in [4.69, 9.17) is 10.8 Å². The van der Waals surface area contributed by atoms with Crippen LogP contribution in [0.3, 0.4) is 0 Å². The average molecular weight is 313 g/mol. The van der Waals surface area contributed by atoms with Crippen molar-refractivity contribution in [3.05, 3.63) is 30.1 Å². The van der Waals surface area contributed by atoms with Gasteiger partial charge in [-0.1, -0.05) is 32.0 Å². The van der Waals surface area contributed by atoms with Gasteiger partial charge in [0.15, 0.2) is 5.82 Å². The Labute approximate surface area is 133 Å². The zero-order valence-corrected chi connectivity index (χ0v) is 13.1. The van der Waals surface area contributed by atoms with E-state index in [2.05, 4.69) is 29.1 Å². The van der Waals surface area contributed by atoms with E-state index < -0.39 is 6.09 Å². The summed E-state index contributed by atoms with van der Waals surface area (Å²) in [5, 5.41) is 12.2. The van der Waals surface area contributed by atoms with Crippen molar-refractivity contribution in [3.8, 4) is 0 Å². The molecule has 0 spiro atoms. The van der Waals surface area contributed by atoms with Gasteiger partial charge in [-0.2, -0.15) is 0 Å². The van der Waals surface area contributed by atoms with Crippen LogP contribution in [0.2, 0.25) is 0 Å². The summed E-state index contributed by atoms with van der Waals surface area (Å²) in [5.41, 5.74) is 8.40. The number of rotatable bonds is 4. The van der Waals surface area contributed by atoms with Crippen molar-refractivity contribution in [3.63, 3.8) is 0 Å². The highest BCUT2D eigenvalue weighted by Crippen LogP contribution is 2.29. The second kappa shape index (κ2) is 5.75. The van der Waals surface area contributed by atoms with Crippen molar-refractivity contribution >= 4 is 33.8 Å². The van der Waals surface area contributed by atoms with Crippen LogP contribution in [-0.4, -0.2) is 25.7 Å². The van der Waals surface area contributed by atoms with E-state index >= 15 is 0 Å². The summed E-state index contributed by atoms with van der Waals surface area (Å²) in [5.74, 6) is 1.38. The largest absolute Gasteiger partial charge is 0.465 e. The Kier molecular flexibility index (Phi) is 3.77. The number of nitrogen functional groups attached to an aromatic ring is 1. The van der Waals surface area contributed by atoms with Crippen molar-refractivity contribution < 1.29 is 9.90 Å². The number of carboxylic acid groups (broad SMARTS) is 1. The van der Waals surface area contributed by atoms with E-state index in [0.29, 0.717) is 23.1 Å². The molecule has 0 unspecified atom stereocenters. The number of nitrogens with two attached hydrogens (primary N) is 1. The molecule has 2 heterocycles. The molecule has 0 saturated carbocycles. The second-order valence-electron chi connectivity index (χ2n) is 5.90. The monoisotopic (exact) mass is 313 g/mol. The summed E-state index contributed by atoms with van der Waals surface area (Å²) in [6, 6.07) is 7.75. The fourth-order valence-electron chi connectivity index (χ4n) is 2.76. The maximum Gasteiger partial charge on any atom is 0.405 e. The first kappa shape index (κ1) is 15.1. The third kappa shape index (κ3) is 2.77. The van der Waals surface area contributed by atoms with Crippen molar-refractivity contribution in [2.45, 2.75) is 26.9 Å². The third-order valence-electron chi connectivity index (χ3n) is 3.63. The minimum atomic E-state index is -1.08. The van der Waals surface area contributed by atoms with Crippen LogP contribution >= 0.6 is 0 Å². The highest BCUT2D eigenvalue weighted by atomic mass is 16.4. The lowest BCUT2D eigenvalue weighted by atomic mass is 10.1. The number of aromatic nitrogens is 3. The number of imidazole rings is 1. The standard InChI is InChI=1S/C16H19N5O2/c1-9(2)8-21-12(7-18-16(22)23)20-13-14(21)10-5-3-4-6-11(10)19-15(13)17/h3-6,9,18H,7-8H2,1-2H3,(H2,17,19)(H,22,23). The maximum atomic E-state index is 10.8. The summed E-state index contributed by atoms with van der Waals surface area (Å²) in [6.45, 7) is 5.06. The zero-order chi connectivity index (χ0) is 16.6. The van der Waals surface area contributed by atoms with Gasteiger partial charge < -0.3 is 20.7 Å². The molecule has 0 aliphatic carbocycles. The van der Waals surface area contributed by atoms with Gasteiger partial charge in [-0.15, -0.1) is 0 Å². The summed E-state index contributed by atoms with van der Waals surface area (Å²) >= 11 is 0. The lowest BCUT2D eigenvalue weighted by molar-refractivity contribution is 0.193. The molecular weight excluding hydrogens is 294 g/mol. The molecule has 0 fully saturated rings. The Hall–Kier alpha value is -2.83. The van der Waals surface area contributed by atoms with E-state index in [1.165, 1.54) is 0 Å². The van der Waals surface area contributed by atoms with Gasteiger partial charge in [0, 0.05) is 11.9 Å². The Bertz CT molecular complexity index is 885. The lowest BCUT2D eigenvalue weighted by Gasteiger charge is -2.13. The maximum absolute atomic E-state index is 10.8. The number of nitrogens with one attached hydrogen (secondary N) is 1. The lowest BCUT2D eigenvalue weighted by Crippen LogP contribution is -2.23. The molecule has 2 aromatic heterocycles. The molecule has 1 aromatic carbocycles. The SMILES string of the molecule is CC(C)Cn1c(CNC(=O)O)nc2c(N)nc3ccccc3c21. The number of fused-ring (bicyclic) bond motifs is 3. The van der Waals surface area contributed by atoms with Crippen molar-refractivity contribution in [2.24, 2.45) is 5.92 Å². The summed E-state index contributed by atoms with van der Waals surface area (Å²) < 4.78 is 2.04. The van der Waals surface area contributed by atoms with Crippen molar-refractivity contribution in [2.75, 3.05) is 5.73 Å². The summed E-state index contributed by atoms with van der Waals surface area (Å²) in [6.07, 6.45) is -1.08. The highest BCUT2D eigenvalue weighted by Gasteiger charge is 2.18. The first-order chi connectivity index (χ1) is 11.0. The average Bonchev–Trinajstić information content (AvgIpc) is 2.84. The van der Waals surface area contributed by atoms with Crippen molar-refractivity contribution in [1.29, 1.82) is 0 Å².